The minimum absolute atomic E-state index is 0.0246. The van der Waals surface area contributed by atoms with Crippen LogP contribution in [0.1, 0.15) is 35.7 Å². The van der Waals surface area contributed by atoms with E-state index in [-0.39, 0.29) is 24.1 Å². The molecule has 2 aliphatic rings. The van der Waals surface area contributed by atoms with Crippen LogP contribution in [0.25, 0.3) is 6.08 Å². The maximum Gasteiger partial charge on any atom is 0.260 e. The molecule has 0 unspecified atom stereocenters. The number of amides is 1. The van der Waals surface area contributed by atoms with Crippen LogP contribution in [0.15, 0.2) is 42.2 Å². The number of hydrogen-bond acceptors (Lipinski definition) is 6. The van der Waals surface area contributed by atoms with Crippen LogP contribution >= 0.6 is 0 Å². The first-order chi connectivity index (χ1) is 15.5. The van der Waals surface area contributed by atoms with Crippen molar-refractivity contribution in [3.05, 3.63) is 53.3 Å². The molecule has 7 nitrogen and oxygen atoms in total. The van der Waals surface area contributed by atoms with E-state index in [1.54, 1.807) is 50.6 Å². The Morgan fingerprint density at radius 1 is 1.09 bits per heavy atom. The Hall–Kier alpha value is -3.48. The monoisotopic (exact) mass is 437 g/mol. The molecule has 0 saturated carbocycles. The zero-order chi connectivity index (χ0) is 22.7. The van der Waals surface area contributed by atoms with Gasteiger partial charge in [0.05, 0.1) is 19.8 Å². The number of fused-ring (bicyclic) bond motifs is 1. The largest absolute Gasteiger partial charge is 0.493 e. The van der Waals surface area contributed by atoms with E-state index in [2.05, 4.69) is 6.92 Å². The summed E-state index contributed by atoms with van der Waals surface area (Å²) in [6.07, 6.45) is 3.71. The van der Waals surface area contributed by atoms with E-state index in [4.69, 9.17) is 18.9 Å². The Balaban J connectivity index is 1.43. The quantitative estimate of drug-likeness (QED) is 0.637. The van der Waals surface area contributed by atoms with Gasteiger partial charge in [0.1, 0.15) is 11.5 Å². The number of ketones is 1. The molecule has 7 heteroatoms. The average molecular weight is 437 g/mol. The van der Waals surface area contributed by atoms with Crippen LogP contribution in [-0.4, -0.2) is 50.5 Å². The molecule has 2 aliphatic heterocycles. The molecule has 4 rings (SSSR count). The molecule has 1 amide bonds. The lowest BCUT2D eigenvalue weighted by Crippen LogP contribution is -2.40. The van der Waals surface area contributed by atoms with Gasteiger partial charge in [-0.15, -0.1) is 0 Å². The molecule has 0 spiro atoms. The van der Waals surface area contributed by atoms with Crippen molar-refractivity contribution < 1.29 is 28.5 Å². The smallest absolute Gasteiger partial charge is 0.260 e. The number of methoxy groups -OCH3 is 2. The minimum atomic E-state index is -0.208. The van der Waals surface area contributed by atoms with Crippen LogP contribution in [0, 0.1) is 5.92 Å². The third-order valence-corrected chi connectivity index (χ3v) is 5.85. The second-order valence-corrected chi connectivity index (χ2v) is 8.06. The normalized spacial score (nSPS) is 17.2. The zero-order valence-corrected chi connectivity index (χ0v) is 18.6. The van der Waals surface area contributed by atoms with E-state index in [1.807, 2.05) is 11.0 Å². The third kappa shape index (κ3) is 4.56. The molecule has 2 aromatic carbocycles. The first-order valence-electron chi connectivity index (χ1n) is 10.7. The highest BCUT2D eigenvalue weighted by molar-refractivity contribution is 6.14. The molecule has 1 fully saturated rings. The van der Waals surface area contributed by atoms with Crippen molar-refractivity contribution in [2.75, 3.05) is 33.9 Å². The fraction of sp³-hybridized carbons (Fsp3) is 0.360. The highest BCUT2D eigenvalue weighted by atomic mass is 16.5. The number of carbonyl (C=O) groups is 2. The van der Waals surface area contributed by atoms with Crippen LogP contribution in [-0.2, 0) is 4.79 Å². The van der Waals surface area contributed by atoms with Crippen molar-refractivity contribution in [3.63, 3.8) is 0 Å². The Labute approximate surface area is 187 Å². The summed E-state index contributed by atoms with van der Waals surface area (Å²) < 4.78 is 22.0. The molecular formula is C25H27NO6. The number of nitrogens with zero attached hydrogens (tertiary/aromatic N) is 1. The van der Waals surface area contributed by atoms with Crippen molar-refractivity contribution in [1.29, 1.82) is 0 Å². The fourth-order valence-electron chi connectivity index (χ4n) is 3.85. The van der Waals surface area contributed by atoms with Gasteiger partial charge in [0.2, 0.25) is 5.78 Å². The lowest BCUT2D eigenvalue weighted by molar-refractivity contribution is -0.134. The van der Waals surface area contributed by atoms with Crippen molar-refractivity contribution in [1.82, 2.24) is 4.90 Å². The maximum absolute atomic E-state index is 12.7. The summed E-state index contributed by atoms with van der Waals surface area (Å²) in [5, 5.41) is 0. The van der Waals surface area contributed by atoms with Crippen molar-refractivity contribution in [2.24, 2.45) is 5.92 Å². The van der Waals surface area contributed by atoms with Crippen LogP contribution in [0.4, 0.5) is 0 Å². The number of Topliss-reactive ketones (excluding diaryl/α,β-unsaturated/α-hetero) is 1. The number of carbonyl (C=O) groups excluding carboxylic acids is 2. The molecule has 0 N–H and O–H groups in total. The molecule has 168 valence electrons. The minimum Gasteiger partial charge on any atom is -0.493 e. The number of rotatable bonds is 6. The van der Waals surface area contributed by atoms with Crippen molar-refractivity contribution in [2.45, 2.75) is 19.8 Å². The highest BCUT2D eigenvalue weighted by Crippen LogP contribution is 2.36. The maximum atomic E-state index is 12.7. The van der Waals surface area contributed by atoms with E-state index in [0.717, 1.165) is 31.5 Å². The lowest BCUT2D eigenvalue weighted by Gasteiger charge is -2.30. The van der Waals surface area contributed by atoms with Gasteiger partial charge in [-0.3, -0.25) is 9.59 Å². The lowest BCUT2D eigenvalue weighted by atomic mass is 9.99. The molecule has 1 saturated heterocycles. The van der Waals surface area contributed by atoms with E-state index in [9.17, 15) is 9.59 Å². The number of benzene rings is 2. The Kier molecular flexibility index (Phi) is 6.35. The first kappa shape index (κ1) is 21.7. The SMILES string of the molecule is COc1ccc(C=C2Oc3cc(OCC(=O)N4CCC(C)CC4)ccc3C2=O)cc1OC. The number of hydrogen-bond donors (Lipinski definition) is 0. The second kappa shape index (κ2) is 9.34. The van der Waals surface area contributed by atoms with E-state index < -0.39 is 0 Å². The predicted octanol–water partition coefficient (Wildman–Crippen LogP) is 3.96. The van der Waals surface area contributed by atoms with Gasteiger partial charge in [0, 0.05) is 19.2 Å². The van der Waals surface area contributed by atoms with Gasteiger partial charge in [-0.25, -0.2) is 0 Å². The molecule has 0 aromatic heterocycles. The number of piperidine rings is 1. The molecule has 2 heterocycles. The summed E-state index contributed by atoms with van der Waals surface area (Å²) in [4.78, 5) is 27.0. The number of likely N-dealkylation sites (tertiary alicyclic amines) is 1. The summed E-state index contributed by atoms with van der Waals surface area (Å²) in [7, 11) is 3.12. The van der Waals surface area contributed by atoms with Gasteiger partial charge < -0.3 is 23.8 Å². The third-order valence-electron chi connectivity index (χ3n) is 5.85. The van der Waals surface area contributed by atoms with Gasteiger partial charge in [0.15, 0.2) is 23.9 Å². The van der Waals surface area contributed by atoms with Gasteiger partial charge >= 0.3 is 0 Å². The van der Waals surface area contributed by atoms with Crippen LogP contribution in [0.3, 0.4) is 0 Å². The zero-order valence-electron chi connectivity index (χ0n) is 18.6. The van der Waals surface area contributed by atoms with Crippen LogP contribution < -0.4 is 18.9 Å². The van der Waals surface area contributed by atoms with E-state index >= 15 is 0 Å². The van der Waals surface area contributed by atoms with Gasteiger partial charge in [-0.2, -0.15) is 0 Å². The Morgan fingerprint density at radius 2 is 1.84 bits per heavy atom. The summed E-state index contributed by atoms with van der Waals surface area (Å²) in [5.41, 5.74) is 1.21. The fourth-order valence-corrected chi connectivity index (χ4v) is 3.85. The van der Waals surface area contributed by atoms with Gasteiger partial charge in [-0.05, 0) is 54.7 Å². The Bertz CT molecular complexity index is 1050. The molecular weight excluding hydrogens is 410 g/mol. The average Bonchev–Trinajstić information content (AvgIpc) is 3.12. The number of ether oxygens (including phenoxy) is 4. The molecule has 0 atom stereocenters. The number of allylic oxidation sites excluding steroid dienone is 1. The van der Waals surface area contributed by atoms with E-state index in [1.165, 1.54) is 0 Å². The van der Waals surface area contributed by atoms with Gasteiger partial charge in [0.25, 0.3) is 5.91 Å². The van der Waals surface area contributed by atoms with Crippen molar-refractivity contribution in [3.8, 4) is 23.0 Å². The summed E-state index contributed by atoms with van der Waals surface area (Å²) in [6, 6.07) is 10.3. The van der Waals surface area contributed by atoms with Crippen LogP contribution in [0.5, 0.6) is 23.0 Å². The summed E-state index contributed by atoms with van der Waals surface area (Å²) in [5.74, 6) is 2.71. The first-order valence-corrected chi connectivity index (χ1v) is 10.7. The topological polar surface area (TPSA) is 74.3 Å². The molecule has 2 aromatic rings. The Morgan fingerprint density at radius 3 is 2.56 bits per heavy atom. The second-order valence-electron chi connectivity index (χ2n) is 8.06. The summed E-state index contributed by atoms with van der Waals surface area (Å²) in [6.45, 7) is 3.72. The predicted molar refractivity (Wildman–Crippen MR) is 119 cm³/mol. The molecule has 32 heavy (non-hydrogen) atoms. The summed E-state index contributed by atoms with van der Waals surface area (Å²) >= 11 is 0. The van der Waals surface area contributed by atoms with Gasteiger partial charge in [-0.1, -0.05) is 13.0 Å². The standard InChI is InChI=1S/C25H27NO6/c1-16-8-10-26(11-9-16)24(27)15-31-18-5-6-19-21(14-18)32-23(25(19)28)13-17-4-7-20(29-2)22(12-17)30-3/h4-7,12-14,16H,8-11,15H2,1-3H3. The highest BCUT2D eigenvalue weighted by Gasteiger charge is 2.28. The molecule has 0 radical (unpaired) electrons. The molecule has 0 aliphatic carbocycles. The van der Waals surface area contributed by atoms with Crippen LogP contribution in [0.2, 0.25) is 0 Å². The van der Waals surface area contributed by atoms with E-state index in [0.29, 0.717) is 34.5 Å². The molecule has 0 bridgehead atoms. The van der Waals surface area contributed by atoms with Crippen molar-refractivity contribution >= 4 is 17.8 Å².